The van der Waals surface area contributed by atoms with Gasteiger partial charge in [0.1, 0.15) is 6.04 Å². The SMILES string of the molecule is CC(Cn1ccnc1)NC(=O)C1CCc2ccccc2N1. The number of imidazole rings is 1. The molecule has 0 bridgehead atoms. The van der Waals surface area contributed by atoms with Gasteiger partial charge in [0.25, 0.3) is 0 Å². The van der Waals surface area contributed by atoms with Crippen molar-refractivity contribution in [3.8, 4) is 0 Å². The third-order valence-corrected chi connectivity index (χ3v) is 3.80. The van der Waals surface area contributed by atoms with Crippen molar-refractivity contribution in [3.63, 3.8) is 0 Å². The Labute approximate surface area is 124 Å². The van der Waals surface area contributed by atoms with Crippen LogP contribution in [0.1, 0.15) is 18.9 Å². The molecule has 1 amide bonds. The minimum Gasteiger partial charge on any atom is -0.373 e. The molecule has 0 spiro atoms. The molecular weight excluding hydrogens is 264 g/mol. The highest BCUT2D eigenvalue weighted by molar-refractivity contribution is 5.85. The van der Waals surface area contributed by atoms with E-state index in [1.807, 2.05) is 35.9 Å². The number of anilines is 1. The zero-order chi connectivity index (χ0) is 14.7. The Morgan fingerprint density at radius 2 is 2.38 bits per heavy atom. The largest absolute Gasteiger partial charge is 0.373 e. The number of aryl methyl sites for hydroxylation is 1. The standard InChI is InChI=1S/C16H20N4O/c1-12(10-20-9-8-17-11-20)18-16(21)15-7-6-13-4-2-3-5-14(13)19-15/h2-5,8-9,11-12,15,19H,6-7,10H2,1H3,(H,18,21). The van der Waals surface area contributed by atoms with Crippen LogP contribution in [0.15, 0.2) is 43.0 Å². The lowest BCUT2D eigenvalue weighted by Crippen LogP contribution is -2.46. The summed E-state index contributed by atoms with van der Waals surface area (Å²) in [6, 6.07) is 8.10. The monoisotopic (exact) mass is 284 g/mol. The smallest absolute Gasteiger partial charge is 0.242 e. The highest BCUT2D eigenvalue weighted by Crippen LogP contribution is 2.24. The summed E-state index contributed by atoms with van der Waals surface area (Å²) in [4.78, 5) is 16.4. The molecule has 1 aromatic carbocycles. The molecule has 2 heterocycles. The summed E-state index contributed by atoms with van der Waals surface area (Å²) in [5.41, 5.74) is 2.36. The lowest BCUT2D eigenvalue weighted by molar-refractivity contribution is -0.122. The van der Waals surface area contributed by atoms with Gasteiger partial charge in [-0.15, -0.1) is 0 Å². The van der Waals surface area contributed by atoms with Crippen molar-refractivity contribution in [3.05, 3.63) is 48.5 Å². The van der Waals surface area contributed by atoms with E-state index in [-0.39, 0.29) is 18.0 Å². The van der Waals surface area contributed by atoms with Crippen molar-refractivity contribution in [1.29, 1.82) is 0 Å². The van der Waals surface area contributed by atoms with Gasteiger partial charge in [0, 0.05) is 30.7 Å². The Balaban J connectivity index is 1.56. The van der Waals surface area contributed by atoms with E-state index in [0.29, 0.717) is 0 Å². The molecule has 110 valence electrons. The highest BCUT2D eigenvalue weighted by Gasteiger charge is 2.24. The van der Waals surface area contributed by atoms with E-state index in [4.69, 9.17) is 0 Å². The van der Waals surface area contributed by atoms with Crippen LogP contribution >= 0.6 is 0 Å². The van der Waals surface area contributed by atoms with Crippen LogP contribution in [0, 0.1) is 0 Å². The topological polar surface area (TPSA) is 59.0 Å². The number of benzene rings is 1. The number of carbonyl (C=O) groups excluding carboxylic acids is 1. The number of nitrogens with one attached hydrogen (secondary N) is 2. The van der Waals surface area contributed by atoms with Gasteiger partial charge in [-0.1, -0.05) is 18.2 Å². The summed E-state index contributed by atoms with van der Waals surface area (Å²) in [6.45, 7) is 2.74. The summed E-state index contributed by atoms with van der Waals surface area (Å²) >= 11 is 0. The number of amides is 1. The number of rotatable bonds is 4. The van der Waals surface area contributed by atoms with Crippen LogP contribution in [0.3, 0.4) is 0 Å². The fourth-order valence-electron chi connectivity index (χ4n) is 2.74. The molecule has 0 fully saturated rings. The zero-order valence-electron chi connectivity index (χ0n) is 12.1. The maximum Gasteiger partial charge on any atom is 0.242 e. The van der Waals surface area contributed by atoms with Gasteiger partial charge in [-0.2, -0.15) is 0 Å². The maximum absolute atomic E-state index is 12.3. The van der Waals surface area contributed by atoms with Crippen LogP contribution in [0.2, 0.25) is 0 Å². The number of aromatic nitrogens is 2. The molecule has 1 aliphatic rings. The van der Waals surface area contributed by atoms with Gasteiger partial charge in [0.2, 0.25) is 5.91 Å². The van der Waals surface area contributed by atoms with Crippen LogP contribution in [0.25, 0.3) is 0 Å². The first-order valence-electron chi connectivity index (χ1n) is 7.33. The minimum absolute atomic E-state index is 0.0668. The summed E-state index contributed by atoms with van der Waals surface area (Å²) < 4.78 is 1.97. The van der Waals surface area contributed by atoms with Crippen LogP contribution in [0.5, 0.6) is 0 Å². The van der Waals surface area contributed by atoms with Gasteiger partial charge < -0.3 is 15.2 Å². The molecular formula is C16H20N4O. The number of para-hydroxylation sites is 1. The van der Waals surface area contributed by atoms with E-state index in [1.165, 1.54) is 5.56 Å². The predicted octanol–water partition coefficient (Wildman–Crippen LogP) is 1.81. The van der Waals surface area contributed by atoms with Crippen LogP contribution in [-0.2, 0) is 17.8 Å². The second kappa shape index (κ2) is 5.99. The Bertz CT molecular complexity index is 608. The third-order valence-electron chi connectivity index (χ3n) is 3.80. The molecule has 1 aliphatic heterocycles. The second-order valence-corrected chi connectivity index (χ2v) is 5.56. The van der Waals surface area contributed by atoms with Crippen molar-refractivity contribution in [2.75, 3.05) is 5.32 Å². The van der Waals surface area contributed by atoms with Crippen molar-refractivity contribution < 1.29 is 4.79 Å². The molecule has 2 N–H and O–H groups in total. The van der Waals surface area contributed by atoms with E-state index in [2.05, 4.69) is 21.7 Å². The van der Waals surface area contributed by atoms with Crippen molar-refractivity contribution in [2.24, 2.45) is 0 Å². The molecule has 2 atom stereocenters. The van der Waals surface area contributed by atoms with Crippen LogP contribution in [-0.4, -0.2) is 27.5 Å². The molecule has 5 nitrogen and oxygen atoms in total. The molecule has 1 aromatic heterocycles. The quantitative estimate of drug-likeness (QED) is 0.900. The van der Waals surface area contributed by atoms with E-state index in [0.717, 1.165) is 25.1 Å². The fourth-order valence-corrected chi connectivity index (χ4v) is 2.74. The molecule has 2 aromatic rings. The number of hydrogen-bond acceptors (Lipinski definition) is 3. The molecule has 5 heteroatoms. The van der Waals surface area contributed by atoms with Crippen LogP contribution in [0.4, 0.5) is 5.69 Å². The highest BCUT2D eigenvalue weighted by atomic mass is 16.2. The fraction of sp³-hybridized carbons (Fsp3) is 0.375. The zero-order valence-corrected chi connectivity index (χ0v) is 12.1. The summed E-state index contributed by atoms with van der Waals surface area (Å²) in [5.74, 6) is 0.0668. The molecule has 3 rings (SSSR count). The van der Waals surface area contributed by atoms with Gasteiger partial charge in [-0.3, -0.25) is 4.79 Å². The van der Waals surface area contributed by atoms with E-state index in [1.54, 1.807) is 12.5 Å². The van der Waals surface area contributed by atoms with Crippen molar-refractivity contribution in [2.45, 2.75) is 38.4 Å². The molecule has 0 aliphatic carbocycles. The normalized spacial score (nSPS) is 18.4. The summed E-state index contributed by atoms with van der Waals surface area (Å²) in [7, 11) is 0. The van der Waals surface area contributed by atoms with Gasteiger partial charge in [0.15, 0.2) is 0 Å². The lowest BCUT2D eigenvalue weighted by Gasteiger charge is -2.27. The number of carbonyl (C=O) groups is 1. The Kier molecular flexibility index (Phi) is 3.90. The van der Waals surface area contributed by atoms with E-state index >= 15 is 0 Å². The van der Waals surface area contributed by atoms with Gasteiger partial charge in [-0.05, 0) is 31.4 Å². The molecule has 21 heavy (non-hydrogen) atoms. The third kappa shape index (κ3) is 3.24. The second-order valence-electron chi connectivity index (χ2n) is 5.56. The Morgan fingerprint density at radius 3 is 3.19 bits per heavy atom. The number of hydrogen-bond donors (Lipinski definition) is 2. The molecule has 0 radical (unpaired) electrons. The van der Waals surface area contributed by atoms with Gasteiger partial charge in [-0.25, -0.2) is 4.98 Å². The lowest BCUT2D eigenvalue weighted by atomic mass is 9.97. The van der Waals surface area contributed by atoms with Crippen LogP contribution < -0.4 is 10.6 Å². The van der Waals surface area contributed by atoms with Gasteiger partial charge >= 0.3 is 0 Å². The van der Waals surface area contributed by atoms with Gasteiger partial charge in [0.05, 0.1) is 6.33 Å². The molecule has 0 saturated heterocycles. The summed E-state index contributed by atoms with van der Waals surface area (Å²) in [5, 5.41) is 6.40. The minimum atomic E-state index is -0.148. The van der Waals surface area contributed by atoms with E-state index < -0.39 is 0 Å². The average Bonchev–Trinajstić information content (AvgIpc) is 2.99. The van der Waals surface area contributed by atoms with Crippen molar-refractivity contribution in [1.82, 2.24) is 14.9 Å². The Hall–Kier alpha value is -2.30. The first-order valence-corrected chi connectivity index (χ1v) is 7.33. The first-order chi connectivity index (χ1) is 10.2. The molecule has 2 unspecified atom stereocenters. The number of fused-ring (bicyclic) bond motifs is 1. The average molecular weight is 284 g/mol. The number of nitrogens with zero attached hydrogens (tertiary/aromatic N) is 2. The van der Waals surface area contributed by atoms with E-state index in [9.17, 15) is 4.79 Å². The van der Waals surface area contributed by atoms with Crippen molar-refractivity contribution >= 4 is 11.6 Å². The Morgan fingerprint density at radius 1 is 1.52 bits per heavy atom. The first kappa shape index (κ1) is 13.7. The molecule has 0 saturated carbocycles. The maximum atomic E-state index is 12.3. The summed E-state index contributed by atoms with van der Waals surface area (Å²) in [6.07, 6.45) is 7.18. The predicted molar refractivity (Wildman–Crippen MR) is 82.0 cm³/mol.